The number of anilines is 1. The van der Waals surface area contributed by atoms with Crippen molar-refractivity contribution in [2.45, 2.75) is 13.5 Å². The Morgan fingerprint density at radius 2 is 1.82 bits per heavy atom. The molecule has 0 fully saturated rings. The molecule has 0 amide bonds. The van der Waals surface area contributed by atoms with Gasteiger partial charge in [0.25, 0.3) is 0 Å². The number of benzene rings is 1. The van der Waals surface area contributed by atoms with Gasteiger partial charge in [-0.1, -0.05) is 19.5 Å². The van der Waals surface area contributed by atoms with Crippen LogP contribution in [0.1, 0.15) is 16.8 Å². The third-order valence-corrected chi connectivity index (χ3v) is 6.81. The maximum Gasteiger partial charge on any atom is 0.151 e. The highest BCUT2D eigenvalue weighted by Gasteiger charge is 2.19. The van der Waals surface area contributed by atoms with Gasteiger partial charge in [-0.15, -0.1) is 0 Å². The Balaban J connectivity index is 1.82. The molecule has 0 aliphatic carbocycles. The molecule has 10 heteroatoms. The van der Waals surface area contributed by atoms with E-state index in [1.807, 2.05) is 19.4 Å². The summed E-state index contributed by atoms with van der Waals surface area (Å²) in [7, 11) is -0.769. The lowest BCUT2D eigenvalue weighted by Crippen LogP contribution is -2.11. The van der Waals surface area contributed by atoms with Crippen LogP contribution in [-0.2, 0) is 6.54 Å². The molecule has 0 saturated carbocycles. The number of halogens is 4. The smallest absolute Gasteiger partial charge is 0.151 e. The van der Waals surface area contributed by atoms with Crippen LogP contribution < -0.4 is 10.8 Å². The number of fused-ring (bicyclic) bond motifs is 1. The average molecular weight is 500 g/mol. The third kappa shape index (κ3) is 4.54. The number of nitrogens with zero attached hydrogens (tertiary/aromatic N) is 4. The Hall–Kier alpha value is -3.27. The zero-order valence-electron chi connectivity index (χ0n) is 18.4. The molecule has 0 aliphatic heterocycles. The Kier molecular flexibility index (Phi) is 6.70. The summed E-state index contributed by atoms with van der Waals surface area (Å²) in [6, 6.07) is 8.40. The average Bonchev–Trinajstić information content (AvgIpc) is 2.80. The fraction of sp³-hybridized carbons (Fsp3) is 0.167. The van der Waals surface area contributed by atoms with E-state index in [1.165, 1.54) is 36.5 Å². The van der Waals surface area contributed by atoms with Crippen molar-refractivity contribution in [3.8, 4) is 17.3 Å². The molecule has 4 rings (SSSR count). The van der Waals surface area contributed by atoms with E-state index in [4.69, 9.17) is 16.9 Å². The van der Waals surface area contributed by atoms with E-state index in [1.54, 1.807) is 6.92 Å². The number of nitriles is 1. The van der Waals surface area contributed by atoms with Crippen LogP contribution in [0, 0.1) is 35.7 Å². The molecule has 0 saturated heterocycles. The maximum absolute atomic E-state index is 15.0. The highest BCUT2D eigenvalue weighted by Crippen LogP contribution is 2.35. The van der Waals surface area contributed by atoms with E-state index in [0.717, 1.165) is 0 Å². The summed E-state index contributed by atoms with van der Waals surface area (Å²) in [5, 5.41) is 12.4. The van der Waals surface area contributed by atoms with Crippen LogP contribution in [0.4, 0.5) is 18.9 Å². The summed E-state index contributed by atoms with van der Waals surface area (Å²) in [6.45, 7) is 5.40. The number of hydrogen-bond donors (Lipinski definition) is 1. The molecule has 1 aromatic carbocycles. The molecule has 0 aliphatic rings. The minimum atomic E-state index is -0.769. The summed E-state index contributed by atoms with van der Waals surface area (Å²) in [5.74, 6) is -1.71. The second-order valence-corrected chi connectivity index (χ2v) is 10.4. The van der Waals surface area contributed by atoms with Crippen molar-refractivity contribution in [2.24, 2.45) is 0 Å². The minimum Gasteiger partial charge on any atom is -0.378 e. The first-order valence-electron chi connectivity index (χ1n) is 10.1. The van der Waals surface area contributed by atoms with Gasteiger partial charge < -0.3 is 5.32 Å². The first-order valence-corrected chi connectivity index (χ1v) is 12.7. The Morgan fingerprint density at radius 1 is 1.06 bits per heavy atom. The lowest BCUT2D eigenvalue weighted by atomic mass is 10.1. The molecule has 3 aromatic heterocycles. The second-order valence-electron chi connectivity index (χ2n) is 7.77. The molecule has 1 N–H and O–H groups in total. The highest BCUT2D eigenvalue weighted by atomic mass is 35.5. The second kappa shape index (κ2) is 9.54. The van der Waals surface area contributed by atoms with Gasteiger partial charge in [-0.2, -0.15) is 5.26 Å². The van der Waals surface area contributed by atoms with Crippen LogP contribution in [0.25, 0.3) is 22.3 Å². The SMILES string of the molecule is Cc1nc2cc(F)c(-c3cnc(P(C)C)c(F)c3)nc2c(NCc2cc(C#N)ccc2F)c1Cl. The van der Waals surface area contributed by atoms with Crippen molar-refractivity contribution in [3.63, 3.8) is 0 Å². The van der Waals surface area contributed by atoms with Crippen molar-refractivity contribution in [2.75, 3.05) is 18.6 Å². The summed E-state index contributed by atoms with van der Waals surface area (Å²) < 4.78 is 43.8. The molecule has 0 unspecified atom stereocenters. The van der Waals surface area contributed by atoms with Crippen LogP contribution >= 0.6 is 19.5 Å². The topological polar surface area (TPSA) is 74.5 Å². The number of aryl methyl sites for hydroxylation is 1. The monoisotopic (exact) mass is 499 g/mol. The van der Waals surface area contributed by atoms with Gasteiger partial charge in [0.1, 0.15) is 22.8 Å². The third-order valence-electron chi connectivity index (χ3n) is 5.17. The van der Waals surface area contributed by atoms with Crippen LogP contribution in [0.3, 0.4) is 0 Å². The number of rotatable bonds is 5. The molecule has 0 spiro atoms. The molecular weight excluding hydrogens is 482 g/mol. The van der Waals surface area contributed by atoms with Crippen LogP contribution in [-0.4, -0.2) is 28.3 Å². The zero-order valence-corrected chi connectivity index (χ0v) is 20.1. The number of hydrogen-bond acceptors (Lipinski definition) is 5. The van der Waals surface area contributed by atoms with Gasteiger partial charge in [-0.25, -0.2) is 23.1 Å². The Bertz CT molecular complexity index is 1470. The summed E-state index contributed by atoms with van der Waals surface area (Å²) in [4.78, 5) is 12.9. The first-order chi connectivity index (χ1) is 16.2. The Morgan fingerprint density at radius 3 is 2.50 bits per heavy atom. The molecule has 172 valence electrons. The molecule has 0 atom stereocenters. The van der Waals surface area contributed by atoms with Crippen LogP contribution in [0.15, 0.2) is 36.5 Å². The van der Waals surface area contributed by atoms with Crippen molar-refractivity contribution in [3.05, 3.63) is 75.8 Å². The fourth-order valence-electron chi connectivity index (χ4n) is 3.48. The van der Waals surface area contributed by atoms with Crippen molar-refractivity contribution >= 4 is 41.7 Å². The van der Waals surface area contributed by atoms with E-state index in [9.17, 15) is 13.2 Å². The van der Waals surface area contributed by atoms with E-state index < -0.39 is 25.4 Å². The van der Waals surface area contributed by atoms with E-state index >= 15 is 0 Å². The van der Waals surface area contributed by atoms with Crippen LogP contribution in [0.2, 0.25) is 5.02 Å². The van der Waals surface area contributed by atoms with Gasteiger partial charge in [0, 0.05) is 29.9 Å². The first kappa shape index (κ1) is 23.9. The number of pyridine rings is 3. The van der Waals surface area contributed by atoms with Gasteiger partial charge in [-0.05, 0) is 44.5 Å². The van der Waals surface area contributed by atoms with E-state index in [0.29, 0.717) is 22.4 Å². The molecule has 0 bridgehead atoms. The van der Waals surface area contributed by atoms with Crippen molar-refractivity contribution in [1.82, 2.24) is 15.0 Å². The minimum absolute atomic E-state index is 0.00452. The number of nitrogens with one attached hydrogen (secondary N) is 1. The van der Waals surface area contributed by atoms with Gasteiger partial charge in [0.2, 0.25) is 0 Å². The zero-order chi connectivity index (χ0) is 24.6. The van der Waals surface area contributed by atoms with Crippen molar-refractivity contribution in [1.29, 1.82) is 5.26 Å². The predicted molar refractivity (Wildman–Crippen MR) is 129 cm³/mol. The van der Waals surface area contributed by atoms with Gasteiger partial charge in [0.15, 0.2) is 5.82 Å². The summed E-state index contributed by atoms with van der Waals surface area (Å²) in [6.07, 6.45) is 1.39. The molecule has 4 aromatic rings. The van der Waals surface area contributed by atoms with E-state index in [2.05, 4.69) is 20.3 Å². The molecule has 3 heterocycles. The fourth-order valence-corrected chi connectivity index (χ4v) is 4.46. The van der Waals surface area contributed by atoms with Crippen LogP contribution in [0.5, 0.6) is 0 Å². The summed E-state index contributed by atoms with van der Waals surface area (Å²) >= 11 is 6.48. The van der Waals surface area contributed by atoms with Gasteiger partial charge in [0.05, 0.1) is 39.0 Å². The molecule has 0 radical (unpaired) electrons. The quantitative estimate of drug-likeness (QED) is 0.345. The maximum atomic E-state index is 15.0. The molecule has 34 heavy (non-hydrogen) atoms. The Labute approximate surface area is 200 Å². The molecule has 5 nitrogen and oxygen atoms in total. The largest absolute Gasteiger partial charge is 0.378 e. The summed E-state index contributed by atoms with van der Waals surface area (Å²) in [5.41, 5.74) is 2.17. The van der Waals surface area contributed by atoms with E-state index in [-0.39, 0.29) is 39.4 Å². The number of aromatic nitrogens is 3. The lowest BCUT2D eigenvalue weighted by molar-refractivity contribution is 0.613. The highest BCUT2D eigenvalue weighted by molar-refractivity contribution is 7.63. The van der Waals surface area contributed by atoms with Gasteiger partial charge in [-0.3, -0.25) is 4.98 Å². The predicted octanol–water partition coefficient (Wildman–Crippen LogP) is 5.92. The normalized spacial score (nSPS) is 11.1. The van der Waals surface area contributed by atoms with Gasteiger partial charge >= 0.3 is 0 Å². The lowest BCUT2D eigenvalue weighted by Gasteiger charge is -2.15. The molecular formula is C24H18ClF3N5P. The van der Waals surface area contributed by atoms with Crippen molar-refractivity contribution < 1.29 is 13.2 Å². The standard InChI is InChI=1S/C24H18ClF3N5P/c1-12-20(25)23(30-10-14-6-13(9-29)4-5-16(14)26)22-19(32-12)8-17(27)21(33-22)15-7-18(28)24(31-11-15)34(2)3/h4-8,11H,10H2,1-3H3,(H,30,32).